The number of benzene rings is 2. The van der Waals surface area contributed by atoms with Crippen LogP contribution >= 0.6 is 0 Å². The normalized spacial score (nSPS) is 10.6. The van der Waals surface area contributed by atoms with Crippen molar-refractivity contribution in [3.05, 3.63) is 86.6 Å². The van der Waals surface area contributed by atoms with E-state index < -0.39 is 17.2 Å². The topological polar surface area (TPSA) is 130 Å². The molecule has 0 unspecified atom stereocenters. The predicted octanol–water partition coefficient (Wildman–Crippen LogP) is 2.61. The number of H-pyrrole nitrogens is 1. The minimum atomic E-state index is -0.722. The molecule has 34 heavy (non-hydrogen) atoms. The van der Waals surface area contributed by atoms with E-state index in [1.54, 1.807) is 24.3 Å². The number of carbonyl (C=O) groups is 2. The van der Waals surface area contributed by atoms with Crippen LogP contribution in [0.15, 0.2) is 64.2 Å². The molecule has 0 fully saturated rings. The Morgan fingerprint density at radius 1 is 1.06 bits per heavy atom. The molecule has 0 bridgehead atoms. The monoisotopic (exact) mass is 463 g/mol. The number of hydrogen-bond acceptors (Lipinski definition) is 6. The van der Waals surface area contributed by atoms with Crippen LogP contribution in [0, 0.1) is 0 Å². The number of unbranched alkanes of at least 4 members (excludes halogenated alkanes) is 1. The minimum absolute atomic E-state index is 0.0596. The van der Waals surface area contributed by atoms with Crippen molar-refractivity contribution in [3.8, 4) is 0 Å². The average Bonchev–Trinajstić information content (AvgIpc) is 2.83. The molecule has 0 saturated heterocycles. The molecule has 4 N–H and O–H groups in total. The molecule has 9 nitrogen and oxygen atoms in total. The Morgan fingerprint density at radius 3 is 2.41 bits per heavy atom. The second kappa shape index (κ2) is 11.1. The van der Waals surface area contributed by atoms with Crippen LogP contribution in [0.2, 0.25) is 0 Å². The number of aromatic amines is 1. The number of rotatable bonds is 10. The Morgan fingerprint density at radius 2 is 1.74 bits per heavy atom. The SMILES string of the molecule is CCCCN(C(=O)CNc1ccccc1C(C)=O)c1c(N)n(Cc2ccccc2)c(=O)[nH]c1=O. The number of carbonyl (C=O) groups excluding carboxylic acids is 2. The highest BCUT2D eigenvalue weighted by Crippen LogP contribution is 2.20. The Kier molecular flexibility index (Phi) is 8.02. The maximum Gasteiger partial charge on any atom is 0.330 e. The highest BCUT2D eigenvalue weighted by molar-refractivity contribution is 6.01. The first-order valence-corrected chi connectivity index (χ1v) is 11.1. The number of hydrogen-bond donors (Lipinski definition) is 3. The second-order valence-corrected chi connectivity index (χ2v) is 7.92. The van der Waals surface area contributed by atoms with Gasteiger partial charge in [0.1, 0.15) is 5.82 Å². The zero-order chi connectivity index (χ0) is 24.7. The van der Waals surface area contributed by atoms with Crippen LogP contribution in [0.3, 0.4) is 0 Å². The third kappa shape index (κ3) is 5.61. The number of Topliss-reactive ketones (excluding diaryl/α,β-unsaturated/α-hetero) is 1. The second-order valence-electron chi connectivity index (χ2n) is 7.92. The molecule has 0 aliphatic heterocycles. The lowest BCUT2D eigenvalue weighted by atomic mass is 10.1. The third-order valence-corrected chi connectivity index (χ3v) is 5.44. The van der Waals surface area contributed by atoms with Crippen LogP contribution in [0.4, 0.5) is 17.2 Å². The summed E-state index contributed by atoms with van der Waals surface area (Å²) >= 11 is 0. The number of nitrogen functional groups attached to an aromatic ring is 1. The number of ketones is 1. The number of aromatic nitrogens is 2. The van der Waals surface area contributed by atoms with Gasteiger partial charge in [0, 0.05) is 17.8 Å². The van der Waals surface area contributed by atoms with Gasteiger partial charge in [-0.3, -0.25) is 23.9 Å². The van der Waals surface area contributed by atoms with Gasteiger partial charge in [0.15, 0.2) is 11.5 Å². The molecular weight excluding hydrogens is 434 g/mol. The van der Waals surface area contributed by atoms with E-state index in [2.05, 4.69) is 10.3 Å². The van der Waals surface area contributed by atoms with Gasteiger partial charge < -0.3 is 16.0 Å². The predicted molar refractivity (Wildman–Crippen MR) is 133 cm³/mol. The van der Waals surface area contributed by atoms with Crippen LogP contribution in [0.25, 0.3) is 0 Å². The van der Waals surface area contributed by atoms with Crippen LogP contribution in [-0.4, -0.2) is 34.3 Å². The molecule has 178 valence electrons. The van der Waals surface area contributed by atoms with Crippen molar-refractivity contribution in [1.29, 1.82) is 0 Å². The first kappa shape index (κ1) is 24.5. The Hall–Kier alpha value is -4.14. The zero-order valence-electron chi connectivity index (χ0n) is 19.3. The van der Waals surface area contributed by atoms with Gasteiger partial charge >= 0.3 is 5.69 Å². The highest BCUT2D eigenvalue weighted by atomic mass is 16.2. The summed E-state index contributed by atoms with van der Waals surface area (Å²) in [5, 5.41) is 2.99. The summed E-state index contributed by atoms with van der Waals surface area (Å²) in [5.74, 6) is -0.618. The molecule has 0 radical (unpaired) electrons. The molecule has 9 heteroatoms. The number of anilines is 3. The smallest absolute Gasteiger partial charge is 0.330 e. The summed E-state index contributed by atoms with van der Waals surface area (Å²) in [6.45, 7) is 3.66. The summed E-state index contributed by atoms with van der Waals surface area (Å²) in [7, 11) is 0. The third-order valence-electron chi connectivity index (χ3n) is 5.44. The lowest BCUT2D eigenvalue weighted by molar-refractivity contribution is -0.117. The summed E-state index contributed by atoms with van der Waals surface area (Å²) in [5.41, 5.74) is 6.68. The lowest BCUT2D eigenvalue weighted by Gasteiger charge is -2.25. The average molecular weight is 464 g/mol. The summed E-state index contributed by atoms with van der Waals surface area (Å²) in [4.78, 5) is 54.0. The van der Waals surface area contributed by atoms with Gasteiger partial charge in [0.05, 0.1) is 13.1 Å². The molecule has 0 aliphatic carbocycles. The van der Waals surface area contributed by atoms with E-state index in [9.17, 15) is 19.2 Å². The van der Waals surface area contributed by atoms with Gasteiger partial charge in [0.25, 0.3) is 5.56 Å². The van der Waals surface area contributed by atoms with E-state index in [1.807, 2.05) is 37.3 Å². The molecule has 0 aliphatic rings. The van der Waals surface area contributed by atoms with Crippen molar-refractivity contribution in [2.75, 3.05) is 29.0 Å². The van der Waals surface area contributed by atoms with Crippen molar-refractivity contribution in [2.45, 2.75) is 33.2 Å². The Labute approximate surface area is 197 Å². The number of nitrogens with two attached hydrogens (primary N) is 1. The molecule has 1 heterocycles. The molecule has 0 atom stereocenters. The van der Waals surface area contributed by atoms with Gasteiger partial charge in [-0.1, -0.05) is 55.8 Å². The quantitative estimate of drug-likeness (QED) is 0.396. The highest BCUT2D eigenvalue weighted by Gasteiger charge is 2.24. The number of amides is 1. The van der Waals surface area contributed by atoms with Crippen molar-refractivity contribution in [3.63, 3.8) is 0 Å². The van der Waals surface area contributed by atoms with Crippen molar-refractivity contribution >= 4 is 28.9 Å². The van der Waals surface area contributed by atoms with Crippen LogP contribution in [0.5, 0.6) is 0 Å². The summed E-state index contributed by atoms with van der Waals surface area (Å²) in [6.07, 6.45) is 1.41. The van der Waals surface area contributed by atoms with E-state index in [4.69, 9.17) is 5.73 Å². The summed E-state index contributed by atoms with van der Waals surface area (Å²) in [6, 6.07) is 16.1. The van der Waals surface area contributed by atoms with Gasteiger partial charge in [-0.2, -0.15) is 0 Å². The number of nitrogens with one attached hydrogen (secondary N) is 2. The first-order valence-electron chi connectivity index (χ1n) is 11.1. The summed E-state index contributed by atoms with van der Waals surface area (Å²) < 4.78 is 1.25. The maximum absolute atomic E-state index is 13.2. The fraction of sp³-hybridized carbons (Fsp3) is 0.280. The van der Waals surface area contributed by atoms with Gasteiger partial charge in [0.2, 0.25) is 5.91 Å². The zero-order valence-corrected chi connectivity index (χ0v) is 19.3. The number of para-hydroxylation sites is 1. The Balaban J connectivity index is 1.95. The van der Waals surface area contributed by atoms with E-state index in [-0.39, 0.29) is 36.9 Å². The van der Waals surface area contributed by atoms with Crippen molar-refractivity contribution in [2.24, 2.45) is 0 Å². The van der Waals surface area contributed by atoms with E-state index in [1.165, 1.54) is 16.4 Å². The fourth-order valence-corrected chi connectivity index (χ4v) is 3.65. The standard InChI is InChI=1S/C25H29N5O4/c1-3-4-14-29(21(32)15-27-20-13-9-8-12-19(20)17(2)31)22-23(26)30(25(34)28-24(22)33)16-18-10-6-5-7-11-18/h5-13,27H,3-4,14-16,26H2,1-2H3,(H,28,33,34). The minimum Gasteiger partial charge on any atom is -0.383 e. The van der Waals surface area contributed by atoms with E-state index in [0.717, 1.165) is 12.0 Å². The lowest BCUT2D eigenvalue weighted by Crippen LogP contribution is -2.43. The van der Waals surface area contributed by atoms with E-state index in [0.29, 0.717) is 17.7 Å². The molecular formula is C25H29N5O4. The molecule has 2 aromatic carbocycles. The van der Waals surface area contributed by atoms with E-state index >= 15 is 0 Å². The number of nitrogens with zero attached hydrogens (tertiary/aromatic N) is 2. The molecule has 3 aromatic rings. The van der Waals surface area contributed by atoms with Crippen LogP contribution in [0.1, 0.15) is 42.6 Å². The molecule has 1 amide bonds. The van der Waals surface area contributed by atoms with Gasteiger partial charge in [-0.25, -0.2) is 4.79 Å². The maximum atomic E-state index is 13.2. The Bertz CT molecular complexity index is 1280. The van der Waals surface area contributed by atoms with Crippen LogP contribution in [-0.2, 0) is 11.3 Å². The fourth-order valence-electron chi connectivity index (χ4n) is 3.65. The largest absolute Gasteiger partial charge is 0.383 e. The molecule has 0 saturated carbocycles. The molecule has 3 rings (SSSR count). The van der Waals surface area contributed by atoms with Gasteiger partial charge in [-0.05, 0) is 31.0 Å². The van der Waals surface area contributed by atoms with Crippen molar-refractivity contribution in [1.82, 2.24) is 9.55 Å². The van der Waals surface area contributed by atoms with Gasteiger partial charge in [-0.15, -0.1) is 0 Å². The first-order chi connectivity index (χ1) is 16.3. The molecule has 1 aromatic heterocycles. The van der Waals surface area contributed by atoms with Crippen molar-refractivity contribution < 1.29 is 9.59 Å². The molecule has 0 spiro atoms. The van der Waals surface area contributed by atoms with Crippen LogP contribution < -0.4 is 27.2 Å².